The Morgan fingerprint density at radius 3 is 2.91 bits per heavy atom. The first-order valence-electron chi connectivity index (χ1n) is 6.74. The summed E-state index contributed by atoms with van der Waals surface area (Å²) in [6.07, 6.45) is 3.31. The van der Waals surface area contributed by atoms with Crippen molar-refractivity contribution >= 4 is 27.8 Å². The van der Waals surface area contributed by atoms with Crippen LogP contribution in [0.5, 0.6) is 0 Å². The summed E-state index contributed by atoms with van der Waals surface area (Å²) in [6.45, 7) is 0.426. The number of aliphatic imine (C=N–C) groups is 1. The maximum absolute atomic E-state index is 12.0. The fourth-order valence-corrected chi connectivity index (χ4v) is 2.37. The van der Waals surface area contributed by atoms with Crippen LogP contribution >= 0.6 is 15.9 Å². The molecule has 1 aromatic heterocycles. The molecule has 0 radical (unpaired) electrons. The van der Waals surface area contributed by atoms with E-state index < -0.39 is 6.04 Å². The van der Waals surface area contributed by atoms with Crippen molar-refractivity contribution in [2.24, 2.45) is 4.99 Å². The number of halogens is 1. The molecule has 3 rings (SSSR count). The van der Waals surface area contributed by atoms with Gasteiger partial charge in [-0.05, 0) is 27.6 Å². The van der Waals surface area contributed by atoms with E-state index >= 15 is 0 Å². The standard InChI is InChI=1S/C16H13BrN2O3/c17-13-6-12(7-18-8-13)15-19-14(10-21-15)16(20)22-9-11-4-2-1-3-5-11/h1-8,14H,9-10H2/t14-/m0/s1. The van der Waals surface area contributed by atoms with Gasteiger partial charge < -0.3 is 9.47 Å². The SMILES string of the molecule is O=C(OCc1ccccc1)[C@@H]1COC(c2cncc(Br)c2)=N1. The van der Waals surface area contributed by atoms with Crippen LogP contribution < -0.4 is 0 Å². The number of rotatable bonds is 4. The minimum absolute atomic E-state index is 0.190. The van der Waals surface area contributed by atoms with E-state index in [0.717, 1.165) is 15.6 Å². The Bertz CT molecular complexity index is 704. The Balaban J connectivity index is 1.62. The van der Waals surface area contributed by atoms with Gasteiger partial charge in [0.1, 0.15) is 13.2 Å². The molecule has 6 heteroatoms. The summed E-state index contributed by atoms with van der Waals surface area (Å²) < 4.78 is 11.6. The number of carbonyl (C=O) groups is 1. The summed E-state index contributed by atoms with van der Waals surface area (Å²) in [5.74, 6) is 0.0253. The third-order valence-corrected chi connectivity index (χ3v) is 3.53. The van der Waals surface area contributed by atoms with Crippen LogP contribution in [0.15, 0.2) is 58.3 Å². The van der Waals surface area contributed by atoms with Gasteiger partial charge >= 0.3 is 5.97 Å². The number of hydrogen-bond acceptors (Lipinski definition) is 5. The van der Waals surface area contributed by atoms with Crippen LogP contribution in [-0.2, 0) is 20.9 Å². The fourth-order valence-electron chi connectivity index (χ4n) is 2.01. The second-order valence-electron chi connectivity index (χ2n) is 4.75. The topological polar surface area (TPSA) is 60.8 Å². The molecule has 0 spiro atoms. The monoisotopic (exact) mass is 360 g/mol. The lowest BCUT2D eigenvalue weighted by Crippen LogP contribution is -2.22. The molecule has 1 aliphatic rings. The highest BCUT2D eigenvalue weighted by atomic mass is 79.9. The number of benzene rings is 1. The number of esters is 1. The maximum Gasteiger partial charge on any atom is 0.334 e. The predicted octanol–water partition coefficient (Wildman–Crippen LogP) is 2.73. The second-order valence-corrected chi connectivity index (χ2v) is 5.66. The zero-order chi connectivity index (χ0) is 15.4. The Morgan fingerprint density at radius 2 is 2.14 bits per heavy atom. The zero-order valence-corrected chi connectivity index (χ0v) is 13.2. The molecular weight excluding hydrogens is 348 g/mol. The molecule has 0 fully saturated rings. The van der Waals surface area contributed by atoms with E-state index in [1.165, 1.54) is 0 Å². The molecule has 0 amide bonds. The highest BCUT2D eigenvalue weighted by molar-refractivity contribution is 9.10. The summed E-state index contributed by atoms with van der Waals surface area (Å²) >= 11 is 3.34. The van der Waals surface area contributed by atoms with Crippen molar-refractivity contribution in [1.29, 1.82) is 0 Å². The molecule has 2 aromatic rings. The fraction of sp³-hybridized carbons (Fsp3) is 0.188. The summed E-state index contributed by atoms with van der Waals surface area (Å²) in [5, 5.41) is 0. The molecule has 112 valence electrons. The molecule has 0 saturated carbocycles. The summed E-state index contributed by atoms with van der Waals surface area (Å²) in [6, 6.07) is 10.7. The third-order valence-electron chi connectivity index (χ3n) is 3.10. The Morgan fingerprint density at radius 1 is 1.32 bits per heavy atom. The number of pyridine rings is 1. The van der Waals surface area contributed by atoms with E-state index in [1.54, 1.807) is 12.4 Å². The maximum atomic E-state index is 12.0. The highest BCUT2D eigenvalue weighted by Gasteiger charge is 2.28. The minimum Gasteiger partial charge on any atom is -0.474 e. The van der Waals surface area contributed by atoms with Crippen molar-refractivity contribution in [3.63, 3.8) is 0 Å². The summed E-state index contributed by atoms with van der Waals surface area (Å²) in [5.41, 5.74) is 1.67. The molecule has 1 aromatic carbocycles. The third kappa shape index (κ3) is 3.51. The van der Waals surface area contributed by atoms with Gasteiger partial charge in [-0.25, -0.2) is 9.79 Å². The molecule has 22 heavy (non-hydrogen) atoms. The van der Waals surface area contributed by atoms with Crippen molar-refractivity contribution in [3.8, 4) is 0 Å². The van der Waals surface area contributed by atoms with E-state index in [-0.39, 0.29) is 19.2 Å². The molecule has 5 nitrogen and oxygen atoms in total. The van der Waals surface area contributed by atoms with E-state index in [4.69, 9.17) is 9.47 Å². The molecular formula is C16H13BrN2O3. The average Bonchev–Trinajstić information content (AvgIpc) is 3.04. The van der Waals surface area contributed by atoms with Crippen LogP contribution in [-0.4, -0.2) is 29.5 Å². The van der Waals surface area contributed by atoms with E-state index in [1.807, 2.05) is 36.4 Å². The first-order valence-corrected chi connectivity index (χ1v) is 7.54. The number of carbonyl (C=O) groups excluding carboxylic acids is 1. The quantitative estimate of drug-likeness (QED) is 0.786. The molecule has 0 N–H and O–H groups in total. The minimum atomic E-state index is -0.627. The van der Waals surface area contributed by atoms with Crippen LogP contribution in [0.25, 0.3) is 0 Å². The van der Waals surface area contributed by atoms with E-state index in [2.05, 4.69) is 25.9 Å². The van der Waals surface area contributed by atoms with Crippen molar-refractivity contribution in [1.82, 2.24) is 4.98 Å². The molecule has 0 saturated heterocycles. The lowest BCUT2D eigenvalue weighted by molar-refractivity contribution is -0.146. The smallest absolute Gasteiger partial charge is 0.334 e. The van der Waals surface area contributed by atoms with Crippen molar-refractivity contribution in [2.45, 2.75) is 12.6 Å². The van der Waals surface area contributed by atoms with Gasteiger partial charge in [0.25, 0.3) is 0 Å². The van der Waals surface area contributed by atoms with Gasteiger partial charge in [-0.15, -0.1) is 0 Å². The van der Waals surface area contributed by atoms with Gasteiger partial charge in [0.05, 0.1) is 5.56 Å². The Kier molecular flexibility index (Phi) is 4.48. The Labute approximate surface area is 136 Å². The lowest BCUT2D eigenvalue weighted by atomic mass is 10.2. The number of hydrogen-bond donors (Lipinski definition) is 0. The normalized spacial score (nSPS) is 16.8. The van der Waals surface area contributed by atoms with Crippen molar-refractivity contribution < 1.29 is 14.3 Å². The Hall–Kier alpha value is -2.21. The molecule has 1 aliphatic heterocycles. The van der Waals surface area contributed by atoms with Crippen LogP contribution in [0.3, 0.4) is 0 Å². The van der Waals surface area contributed by atoms with Crippen LogP contribution in [0.1, 0.15) is 11.1 Å². The van der Waals surface area contributed by atoms with Gasteiger partial charge in [-0.3, -0.25) is 4.98 Å². The summed E-state index contributed by atoms with van der Waals surface area (Å²) in [7, 11) is 0. The molecule has 0 bridgehead atoms. The first-order chi connectivity index (χ1) is 10.7. The zero-order valence-electron chi connectivity index (χ0n) is 11.6. The van der Waals surface area contributed by atoms with Gasteiger partial charge in [-0.1, -0.05) is 30.3 Å². The van der Waals surface area contributed by atoms with Gasteiger partial charge in [0.2, 0.25) is 5.90 Å². The number of nitrogens with zero attached hydrogens (tertiary/aromatic N) is 2. The molecule has 0 unspecified atom stereocenters. The second kappa shape index (κ2) is 6.70. The highest BCUT2D eigenvalue weighted by Crippen LogP contribution is 2.16. The lowest BCUT2D eigenvalue weighted by Gasteiger charge is -2.06. The molecule has 2 heterocycles. The number of ether oxygens (including phenoxy) is 2. The van der Waals surface area contributed by atoms with Crippen LogP contribution in [0, 0.1) is 0 Å². The van der Waals surface area contributed by atoms with Crippen LogP contribution in [0.2, 0.25) is 0 Å². The molecule has 1 atom stereocenters. The van der Waals surface area contributed by atoms with Crippen molar-refractivity contribution in [2.75, 3.05) is 6.61 Å². The average molecular weight is 361 g/mol. The van der Waals surface area contributed by atoms with Gasteiger partial charge in [-0.2, -0.15) is 0 Å². The largest absolute Gasteiger partial charge is 0.474 e. The van der Waals surface area contributed by atoms with E-state index in [0.29, 0.717) is 5.90 Å². The number of aromatic nitrogens is 1. The van der Waals surface area contributed by atoms with Gasteiger partial charge in [0.15, 0.2) is 6.04 Å². The molecule has 0 aliphatic carbocycles. The van der Waals surface area contributed by atoms with Crippen molar-refractivity contribution in [3.05, 3.63) is 64.4 Å². The first kappa shape index (κ1) is 14.7. The van der Waals surface area contributed by atoms with Gasteiger partial charge in [0, 0.05) is 16.9 Å². The van der Waals surface area contributed by atoms with Crippen LogP contribution in [0.4, 0.5) is 0 Å². The summed E-state index contributed by atoms with van der Waals surface area (Å²) in [4.78, 5) is 20.3. The van der Waals surface area contributed by atoms with E-state index in [9.17, 15) is 4.79 Å². The predicted molar refractivity (Wildman–Crippen MR) is 84.5 cm³/mol.